The first-order valence-electron chi connectivity index (χ1n) is 7.17. The van der Waals surface area contributed by atoms with Crippen LogP contribution >= 0.6 is 11.6 Å². The standard InChI is InChI=1S/C16H9ClF3N5/c1-25-11-7-21-12(16(18,19)20)6-10(11)24-15(25)13-14(17)23-9-5-3-2-4-8(9)22-13/h2-7H,1H3. The third-order valence-corrected chi connectivity index (χ3v) is 4.06. The molecular weight excluding hydrogens is 355 g/mol. The number of aromatic nitrogens is 5. The highest BCUT2D eigenvalue weighted by atomic mass is 35.5. The van der Waals surface area contributed by atoms with Crippen molar-refractivity contribution in [3.8, 4) is 11.5 Å². The first kappa shape index (κ1) is 15.8. The van der Waals surface area contributed by atoms with E-state index in [0.717, 1.165) is 12.3 Å². The molecule has 9 heteroatoms. The van der Waals surface area contributed by atoms with Gasteiger partial charge in [0.25, 0.3) is 0 Å². The minimum atomic E-state index is -4.54. The molecule has 0 radical (unpaired) electrons. The zero-order valence-electron chi connectivity index (χ0n) is 12.7. The molecule has 0 atom stereocenters. The van der Waals surface area contributed by atoms with Gasteiger partial charge in [-0.25, -0.2) is 19.9 Å². The molecule has 0 saturated carbocycles. The molecule has 0 aliphatic heterocycles. The first-order chi connectivity index (χ1) is 11.8. The van der Waals surface area contributed by atoms with E-state index in [1.54, 1.807) is 23.7 Å². The van der Waals surface area contributed by atoms with Crippen LogP contribution in [0.2, 0.25) is 5.15 Å². The first-order valence-corrected chi connectivity index (χ1v) is 7.55. The van der Waals surface area contributed by atoms with Crippen LogP contribution in [-0.4, -0.2) is 24.5 Å². The number of benzene rings is 1. The molecule has 0 amide bonds. The fourth-order valence-electron chi connectivity index (χ4n) is 2.58. The lowest BCUT2D eigenvalue weighted by Gasteiger charge is -2.06. The quantitative estimate of drug-likeness (QED) is 0.507. The number of hydrogen-bond acceptors (Lipinski definition) is 4. The Bertz CT molecular complexity index is 1120. The minimum absolute atomic E-state index is 0.126. The number of alkyl halides is 3. The average molecular weight is 364 g/mol. The van der Waals surface area contributed by atoms with Gasteiger partial charge in [0.2, 0.25) is 0 Å². The van der Waals surface area contributed by atoms with Crippen molar-refractivity contribution in [2.45, 2.75) is 6.18 Å². The van der Waals surface area contributed by atoms with Crippen molar-refractivity contribution in [1.82, 2.24) is 24.5 Å². The summed E-state index contributed by atoms with van der Waals surface area (Å²) in [6.45, 7) is 0. The molecule has 4 rings (SSSR count). The summed E-state index contributed by atoms with van der Waals surface area (Å²) < 4.78 is 40.1. The molecule has 0 fully saturated rings. The van der Waals surface area contributed by atoms with Gasteiger partial charge in [0.05, 0.1) is 28.3 Å². The third-order valence-electron chi connectivity index (χ3n) is 3.80. The lowest BCUT2D eigenvalue weighted by Crippen LogP contribution is -2.07. The highest BCUT2D eigenvalue weighted by Crippen LogP contribution is 2.32. The number of aryl methyl sites for hydroxylation is 1. The van der Waals surface area contributed by atoms with Crippen molar-refractivity contribution >= 4 is 33.7 Å². The number of halogens is 4. The molecule has 0 aliphatic rings. The molecule has 0 bridgehead atoms. The molecule has 5 nitrogen and oxygen atoms in total. The summed E-state index contributed by atoms with van der Waals surface area (Å²) in [5.41, 5.74) is 1.13. The number of hydrogen-bond donors (Lipinski definition) is 0. The van der Waals surface area contributed by atoms with Crippen LogP contribution in [0.3, 0.4) is 0 Å². The van der Waals surface area contributed by atoms with Crippen LogP contribution in [0, 0.1) is 0 Å². The van der Waals surface area contributed by atoms with Gasteiger partial charge in [-0.1, -0.05) is 23.7 Å². The Kier molecular flexibility index (Phi) is 3.40. The molecule has 126 valence electrons. The molecule has 0 spiro atoms. The predicted octanol–water partition coefficient (Wildman–Crippen LogP) is 4.25. The van der Waals surface area contributed by atoms with Gasteiger partial charge in [-0.15, -0.1) is 0 Å². The predicted molar refractivity (Wildman–Crippen MR) is 87.1 cm³/mol. The van der Waals surface area contributed by atoms with Gasteiger partial charge < -0.3 is 4.57 Å². The van der Waals surface area contributed by atoms with Crippen LogP contribution in [-0.2, 0) is 13.2 Å². The number of pyridine rings is 1. The van der Waals surface area contributed by atoms with E-state index >= 15 is 0 Å². The van der Waals surface area contributed by atoms with E-state index < -0.39 is 11.9 Å². The molecule has 0 unspecified atom stereocenters. The maximum Gasteiger partial charge on any atom is 0.433 e. The van der Waals surface area contributed by atoms with E-state index in [1.165, 1.54) is 0 Å². The van der Waals surface area contributed by atoms with E-state index in [2.05, 4.69) is 19.9 Å². The molecular formula is C16H9ClF3N5. The Morgan fingerprint density at radius 1 is 1.00 bits per heavy atom. The number of rotatable bonds is 1. The Hall–Kier alpha value is -2.74. The highest BCUT2D eigenvalue weighted by molar-refractivity contribution is 6.32. The Balaban J connectivity index is 1.95. The Labute approximate surface area is 144 Å². The van der Waals surface area contributed by atoms with Gasteiger partial charge in [-0.3, -0.25) is 0 Å². The number of fused-ring (bicyclic) bond motifs is 2. The second-order valence-corrected chi connectivity index (χ2v) is 5.76. The normalized spacial score (nSPS) is 12.2. The second kappa shape index (κ2) is 5.38. The van der Waals surface area contributed by atoms with Gasteiger partial charge in [0.1, 0.15) is 11.4 Å². The lowest BCUT2D eigenvalue weighted by atomic mass is 10.3. The minimum Gasteiger partial charge on any atom is -0.324 e. The summed E-state index contributed by atoms with van der Waals surface area (Å²) in [6, 6.07) is 8.07. The summed E-state index contributed by atoms with van der Waals surface area (Å²) in [5, 5.41) is 0.126. The summed E-state index contributed by atoms with van der Waals surface area (Å²) in [4.78, 5) is 16.4. The van der Waals surface area contributed by atoms with E-state index in [0.29, 0.717) is 28.1 Å². The Morgan fingerprint density at radius 2 is 1.68 bits per heavy atom. The molecule has 1 aromatic carbocycles. The number of nitrogens with zero attached hydrogens (tertiary/aromatic N) is 5. The van der Waals surface area contributed by atoms with Gasteiger partial charge >= 0.3 is 6.18 Å². The molecule has 25 heavy (non-hydrogen) atoms. The number of imidazole rings is 1. The van der Waals surface area contributed by atoms with Crippen LogP contribution < -0.4 is 0 Å². The zero-order valence-corrected chi connectivity index (χ0v) is 13.5. The van der Waals surface area contributed by atoms with Crippen LogP contribution in [0.5, 0.6) is 0 Å². The SMILES string of the molecule is Cn1c(-c2nc3ccccc3nc2Cl)nc2cc(C(F)(F)F)ncc21. The fourth-order valence-corrected chi connectivity index (χ4v) is 2.79. The number of para-hydroxylation sites is 2. The summed E-state index contributed by atoms with van der Waals surface area (Å²) in [7, 11) is 1.66. The van der Waals surface area contributed by atoms with Gasteiger partial charge in [0.15, 0.2) is 11.0 Å². The average Bonchev–Trinajstić information content (AvgIpc) is 2.90. The highest BCUT2D eigenvalue weighted by Gasteiger charge is 2.33. The van der Waals surface area contributed by atoms with Crippen molar-refractivity contribution in [3.63, 3.8) is 0 Å². The molecule has 0 saturated heterocycles. The van der Waals surface area contributed by atoms with E-state index in [-0.39, 0.29) is 10.7 Å². The summed E-state index contributed by atoms with van der Waals surface area (Å²) in [6.07, 6.45) is -3.40. The van der Waals surface area contributed by atoms with E-state index in [1.807, 2.05) is 12.1 Å². The molecule has 3 aromatic heterocycles. The van der Waals surface area contributed by atoms with Gasteiger partial charge in [-0.05, 0) is 18.2 Å². The van der Waals surface area contributed by atoms with Gasteiger partial charge in [-0.2, -0.15) is 13.2 Å². The van der Waals surface area contributed by atoms with Crippen molar-refractivity contribution in [2.75, 3.05) is 0 Å². The smallest absolute Gasteiger partial charge is 0.324 e. The molecule has 0 aliphatic carbocycles. The van der Waals surface area contributed by atoms with E-state index in [4.69, 9.17) is 11.6 Å². The van der Waals surface area contributed by atoms with Crippen LogP contribution in [0.25, 0.3) is 33.6 Å². The van der Waals surface area contributed by atoms with Crippen LogP contribution in [0.4, 0.5) is 13.2 Å². The molecule has 4 aromatic rings. The monoisotopic (exact) mass is 363 g/mol. The largest absolute Gasteiger partial charge is 0.433 e. The maximum atomic E-state index is 12.8. The van der Waals surface area contributed by atoms with Crippen LogP contribution in [0.1, 0.15) is 5.69 Å². The third kappa shape index (κ3) is 2.58. The van der Waals surface area contributed by atoms with Crippen molar-refractivity contribution in [3.05, 3.63) is 47.4 Å². The fraction of sp³-hybridized carbons (Fsp3) is 0.125. The van der Waals surface area contributed by atoms with Crippen molar-refractivity contribution in [2.24, 2.45) is 7.05 Å². The molecule has 0 N–H and O–H groups in total. The Morgan fingerprint density at radius 3 is 2.36 bits per heavy atom. The lowest BCUT2D eigenvalue weighted by molar-refractivity contribution is -0.141. The zero-order chi connectivity index (χ0) is 17.8. The molecule has 3 heterocycles. The van der Waals surface area contributed by atoms with Gasteiger partial charge in [0, 0.05) is 7.05 Å². The maximum absolute atomic E-state index is 12.8. The summed E-state index contributed by atoms with van der Waals surface area (Å²) >= 11 is 6.22. The van der Waals surface area contributed by atoms with Crippen molar-refractivity contribution < 1.29 is 13.2 Å². The topological polar surface area (TPSA) is 56.5 Å². The van der Waals surface area contributed by atoms with Crippen molar-refractivity contribution in [1.29, 1.82) is 0 Å². The second-order valence-electron chi connectivity index (χ2n) is 5.40. The summed E-state index contributed by atoms with van der Waals surface area (Å²) in [5.74, 6) is 0.319. The van der Waals surface area contributed by atoms with E-state index in [9.17, 15) is 13.2 Å². The van der Waals surface area contributed by atoms with Crippen LogP contribution in [0.15, 0.2) is 36.5 Å².